The molecule has 7 nitrogen and oxygen atoms in total. The largest absolute Gasteiger partial charge is 0.378 e. The highest BCUT2D eigenvalue weighted by Gasteiger charge is 2.06. The number of aromatic nitrogens is 1. The van der Waals surface area contributed by atoms with Crippen molar-refractivity contribution in [3.63, 3.8) is 0 Å². The molecule has 1 aliphatic rings. The van der Waals surface area contributed by atoms with E-state index in [-0.39, 0.29) is 0 Å². The molecule has 0 saturated carbocycles. The molecular formula is C18H30N2O5. The van der Waals surface area contributed by atoms with Gasteiger partial charge in [-0.05, 0) is 17.7 Å². The number of rotatable bonds is 2. The Morgan fingerprint density at radius 1 is 0.640 bits per heavy atom. The van der Waals surface area contributed by atoms with Crippen LogP contribution >= 0.6 is 0 Å². The second kappa shape index (κ2) is 14.1. The summed E-state index contributed by atoms with van der Waals surface area (Å²) in [6.45, 7) is 8.63. The quantitative estimate of drug-likeness (QED) is 0.784. The van der Waals surface area contributed by atoms with Gasteiger partial charge in [0.2, 0.25) is 0 Å². The maximum atomic E-state index is 5.67. The summed E-state index contributed by atoms with van der Waals surface area (Å²) < 4.78 is 27.7. The molecular weight excluding hydrogens is 324 g/mol. The number of ether oxygens (including phenoxy) is 5. The molecule has 0 N–H and O–H groups in total. The second-order valence-corrected chi connectivity index (χ2v) is 5.69. The van der Waals surface area contributed by atoms with Gasteiger partial charge in [0.15, 0.2) is 0 Å². The molecule has 0 amide bonds. The molecule has 25 heavy (non-hydrogen) atoms. The van der Waals surface area contributed by atoms with Gasteiger partial charge in [0.05, 0.1) is 66.1 Å². The lowest BCUT2D eigenvalue weighted by atomic mass is 10.2. The van der Waals surface area contributed by atoms with Crippen molar-refractivity contribution in [1.29, 1.82) is 0 Å². The van der Waals surface area contributed by atoms with Crippen molar-refractivity contribution in [3.8, 4) is 0 Å². The lowest BCUT2D eigenvalue weighted by Crippen LogP contribution is -2.31. The molecule has 0 aliphatic carbocycles. The van der Waals surface area contributed by atoms with Crippen LogP contribution in [-0.4, -0.2) is 89.0 Å². The molecule has 0 unspecified atom stereocenters. The zero-order chi connectivity index (χ0) is 17.4. The first-order valence-electron chi connectivity index (χ1n) is 8.95. The van der Waals surface area contributed by atoms with Crippen molar-refractivity contribution in [2.24, 2.45) is 0 Å². The highest BCUT2D eigenvalue weighted by molar-refractivity contribution is 5.09. The molecule has 2 rings (SSSR count). The fraction of sp³-hybridized carbons (Fsp3) is 0.722. The molecule has 0 aromatic carbocycles. The van der Waals surface area contributed by atoms with Crippen molar-refractivity contribution in [2.75, 3.05) is 79.2 Å². The predicted molar refractivity (Wildman–Crippen MR) is 93.6 cm³/mol. The fourth-order valence-corrected chi connectivity index (χ4v) is 2.39. The van der Waals surface area contributed by atoms with Crippen LogP contribution < -0.4 is 0 Å². The van der Waals surface area contributed by atoms with E-state index in [9.17, 15) is 0 Å². The number of pyridine rings is 1. The first kappa shape index (κ1) is 20.2. The highest BCUT2D eigenvalue weighted by Crippen LogP contribution is 2.03. The van der Waals surface area contributed by atoms with Crippen LogP contribution in [0.3, 0.4) is 0 Å². The molecule has 2 heterocycles. The zero-order valence-electron chi connectivity index (χ0n) is 14.9. The first-order valence-corrected chi connectivity index (χ1v) is 8.95. The van der Waals surface area contributed by atoms with Crippen molar-refractivity contribution in [1.82, 2.24) is 9.88 Å². The molecule has 0 spiro atoms. The normalized spacial score (nSPS) is 21.3. The Balaban J connectivity index is 1.73. The Labute approximate surface area is 150 Å². The van der Waals surface area contributed by atoms with Gasteiger partial charge in [0.1, 0.15) is 0 Å². The molecule has 0 bridgehead atoms. The molecule has 0 atom stereocenters. The Morgan fingerprint density at radius 2 is 1.04 bits per heavy atom. The minimum atomic E-state index is 0.583. The Bertz CT molecular complexity index is 403. The summed E-state index contributed by atoms with van der Waals surface area (Å²) in [6.07, 6.45) is 3.64. The SMILES string of the molecule is c1cc(CN2CCOCCOCCOCCOCCOCC2)ccn1. The van der Waals surface area contributed by atoms with E-state index >= 15 is 0 Å². The monoisotopic (exact) mass is 354 g/mol. The minimum Gasteiger partial charge on any atom is -0.378 e. The van der Waals surface area contributed by atoms with Crippen molar-refractivity contribution in [2.45, 2.75) is 6.54 Å². The smallest absolute Gasteiger partial charge is 0.0701 e. The summed E-state index contributed by atoms with van der Waals surface area (Å²) >= 11 is 0. The summed E-state index contributed by atoms with van der Waals surface area (Å²) in [5.41, 5.74) is 1.24. The third-order valence-corrected chi connectivity index (χ3v) is 3.75. The van der Waals surface area contributed by atoms with Crippen molar-refractivity contribution < 1.29 is 23.7 Å². The van der Waals surface area contributed by atoms with Gasteiger partial charge < -0.3 is 23.7 Å². The summed E-state index contributed by atoms with van der Waals surface area (Å²) in [5, 5.41) is 0. The summed E-state index contributed by atoms with van der Waals surface area (Å²) in [4.78, 5) is 6.40. The molecule has 1 aromatic heterocycles. The van der Waals surface area contributed by atoms with Crippen LogP contribution in [0.15, 0.2) is 24.5 Å². The van der Waals surface area contributed by atoms with Gasteiger partial charge in [-0.1, -0.05) is 0 Å². The standard InChI is InChI=1S/C18H30N2O5/c1-3-19-4-2-18(1)17-20-5-7-21-9-11-23-13-15-25-16-14-24-12-10-22-8-6-20/h1-4H,5-17H2. The van der Waals surface area contributed by atoms with Gasteiger partial charge in [-0.3, -0.25) is 9.88 Å². The summed E-state index contributed by atoms with van der Waals surface area (Å²) in [6, 6.07) is 4.08. The van der Waals surface area contributed by atoms with Gasteiger partial charge in [-0.15, -0.1) is 0 Å². The third kappa shape index (κ3) is 10.5. The average Bonchev–Trinajstić information content (AvgIpc) is 2.64. The molecule has 7 heteroatoms. The molecule has 1 fully saturated rings. The Kier molecular flexibility index (Phi) is 11.4. The number of hydrogen-bond donors (Lipinski definition) is 0. The highest BCUT2D eigenvalue weighted by atomic mass is 16.6. The van der Waals surface area contributed by atoms with Crippen LogP contribution in [0.1, 0.15) is 5.56 Å². The van der Waals surface area contributed by atoms with E-state index in [1.165, 1.54) is 5.56 Å². The fourth-order valence-electron chi connectivity index (χ4n) is 2.39. The van der Waals surface area contributed by atoms with Crippen molar-refractivity contribution in [3.05, 3.63) is 30.1 Å². The van der Waals surface area contributed by atoms with Gasteiger partial charge in [-0.25, -0.2) is 0 Å². The lowest BCUT2D eigenvalue weighted by Gasteiger charge is -2.22. The van der Waals surface area contributed by atoms with Gasteiger partial charge in [-0.2, -0.15) is 0 Å². The van der Waals surface area contributed by atoms with E-state index in [2.05, 4.69) is 9.88 Å². The Hall–Kier alpha value is -1.09. The van der Waals surface area contributed by atoms with E-state index in [0.29, 0.717) is 66.1 Å². The molecule has 0 radical (unpaired) electrons. The van der Waals surface area contributed by atoms with Crippen LogP contribution in [0.25, 0.3) is 0 Å². The van der Waals surface area contributed by atoms with Crippen molar-refractivity contribution >= 4 is 0 Å². The van der Waals surface area contributed by atoms with Crippen LogP contribution in [-0.2, 0) is 30.2 Å². The van der Waals surface area contributed by atoms with Crippen LogP contribution in [0.5, 0.6) is 0 Å². The van der Waals surface area contributed by atoms with Gasteiger partial charge in [0, 0.05) is 32.0 Å². The van der Waals surface area contributed by atoms with E-state index in [1.54, 1.807) is 0 Å². The summed E-state index contributed by atoms with van der Waals surface area (Å²) in [7, 11) is 0. The summed E-state index contributed by atoms with van der Waals surface area (Å²) in [5.74, 6) is 0. The van der Waals surface area contributed by atoms with Gasteiger partial charge >= 0.3 is 0 Å². The van der Waals surface area contributed by atoms with E-state index in [4.69, 9.17) is 23.7 Å². The van der Waals surface area contributed by atoms with Gasteiger partial charge in [0.25, 0.3) is 0 Å². The maximum absolute atomic E-state index is 5.67. The first-order chi connectivity index (χ1) is 12.4. The molecule has 1 aromatic rings. The van der Waals surface area contributed by atoms with Crippen LogP contribution in [0, 0.1) is 0 Å². The Morgan fingerprint density at radius 3 is 1.48 bits per heavy atom. The topological polar surface area (TPSA) is 62.3 Å². The minimum absolute atomic E-state index is 0.583. The van der Waals surface area contributed by atoms with E-state index < -0.39 is 0 Å². The lowest BCUT2D eigenvalue weighted by molar-refractivity contribution is -0.0189. The second-order valence-electron chi connectivity index (χ2n) is 5.69. The zero-order valence-corrected chi connectivity index (χ0v) is 14.9. The number of hydrogen-bond acceptors (Lipinski definition) is 7. The molecule has 1 aliphatic heterocycles. The molecule has 1 saturated heterocycles. The van der Waals surface area contributed by atoms with E-state index in [0.717, 1.165) is 19.6 Å². The third-order valence-electron chi connectivity index (χ3n) is 3.75. The average molecular weight is 354 g/mol. The maximum Gasteiger partial charge on any atom is 0.0701 e. The number of nitrogens with zero attached hydrogens (tertiary/aromatic N) is 2. The van der Waals surface area contributed by atoms with Crippen LogP contribution in [0.2, 0.25) is 0 Å². The van der Waals surface area contributed by atoms with Crippen LogP contribution in [0.4, 0.5) is 0 Å². The van der Waals surface area contributed by atoms with E-state index in [1.807, 2.05) is 24.5 Å². The molecule has 142 valence electrons. The predicted octanol–water partition coefficient (Wildman–Crippen LogP) is 0.980.